The quantitative estimate of drug-likeness (QED) is 0.405. The van der Waals surface area contributed by atoms with Crippen LogP contribution in [0.5, 0.6) is 0 Å². The van der Waals surface area contributed by atoms with E-state index in [1.165, 1.54) is 26.8 Å². The minimum atomic E-state index is -0.490. The van der Waals surface area contributed by atoms with Crippen molar-refractivity contribution in [1.82, 2.24) is 28.7 Å². The van der Waals surface area contributed by atoms with Gasteiger partial charge in [-0.2, -0.15) is 0 Å². The topological polar surface area (TPSA) is 108 Å². The van der Waals surface area contributed by atoms with Gasteiger partial charge in [-0.25, -0.2) is 14.8 Å². The van der Waals surface area contributed by atoms with E-state index in [0.29, 0.717) is 33.7 Å². The van der Waals surface area contributed by atoms with Crippen LogP contribution in [0.1, 0.15) is 31.2 Å². The van der Waals surface area contributed by atoms with Gasteiger partial charge in [0.1, 0.15) is 10.7 Å². The Balaban J connectivity index is 1.62. The van der Waals surface area contributed by atoms with Crippen molar-refractivity contribution < 1.29 is 0 Å². The van der Waals surface area contributed by atoms with Gasteiger partial charge in [0.15, 0.2) is 11.2 Å². The van der Waals surface area contributed by atoms with Crippen molar-refractivity contribution in [1.29, 1.82) is 0 Å². The second kappa shape index (κ2) is 8.53. The number of imidazole rings is 1. The number of benzene rings is 1. The van der Waals surface area contributed by atoms with E-state index < -0.39 is 11.2 Å². The number of hydrogen-bond acceptors (Lipinski definition) is 6. The fourth-order valence-electron chi connectivity index (χ4n) is 4.25. The largest absolute Gasteiger partial charge is 0.330 e. The molecule has 10 heteroatoms. The number of nitrogens with zero attached hydrogens (tertiary/aromatic N) is 5. The zero-order chi connectivity index (χ0) is 24.0. The van der Waals surface area contributed by atoms with E-state index in [4.69, 9.17) is 0 Å². The molecule has 0 aliphatic carbocycles. The fraction of sp³-hybridized carbons (Fsp3) is 0.292. The van der Waals surface area contributed by atoms with Crippen molar-refractivity contribution >= 4 is 32.7 Å². The van der Waals surface area contributed by atoms with Crippen LogP contribution >= 0.6 is 11.3 Å². The molecule has 0 aliphatic heterocycles. The van der Waals surface area contributed by atoms with Crippen LogP contribution in [0, 0.1) is 6.92 Å². The molecule has 4 aromatic heterocycles. The Kier molecular flexibility index (Phi) is 5.52. The summed E-state index contributed by atoms with van der Waals surface area (Å²) in [7, 11) is 1.72. The number of hydrogen-bond donors (Lipinski definition) is 1. The van der Waals surface area contributed by atoms with Gasteiger partial charge in [-0.15, -0.1) is 11.3 Å². The van der Waals surface area contributed by atoms with Crippen LogP contribution in [0.4, 0.5) is 0 Å². The van der Waals surface area contributed by atoms with Crippen LogP contribution in [-0.4, -0.2) is 28.7 Å². The molecule has 34 heavy (non-hydrogen) atoms. The number of aromatic nitrogens is 6. The summed E-state index contributed by atoms with van der Waals surface area (Å²) < 4.78 is 4.63. The average Bonchev–Trinajstić information content (AvgIpc) is 3.33. The number of aromatic amines is 1. The maximum Gasteiger partial charge on any atom is 0.330 e. The Labute approximate surface area is 198 Å². The minimum Gasteiger partial charge on any atom is -0.324 e. The number of fused-ring (bicyclic) bond motifs is 2. The molecule has 5 rings (SSSR count). The summed E-state index contributed by atoms with van der Waals surface area (Å²) in [6, 6.07) is 9.94. The van der Waals surface area contributed by atoms with Crippen molar-refractivity contribution in [3.05, 3.63) is 79.2 Å². The highest BCUT2D eigenvalue weighted by atomic mass is 32.1. The van der Waals surface area contributed by atoms with Gasteiger partial charge >= 0.3 is 5.69 Å². The molecule has 0 aliphatic rings. The SMILES string of the molecule is CCCCn1c(=O)[nH]c(=O)c2c1nc(Cn1cnc3sc(-c4ccccc4)c(C)c3c1=O)n2C. The van der Waals surface area contributed by atoms with Gasteiger partial charge in [-0.3, -0.25) is 23.7 Å². The summed E-state index contributed by atoms with van der Waals surface area (Å²) in [6.07, 6.45) is 3.20. The van der Waals surface area contributed by atoms with Gasteiger partial charge < -0.3 is 4.57 Å². The molecule has 5 aromatic rings. The number of nitrogens with one attached hydrogen (secondary N) is 1. The van der Waals surface area contributed by atoms with Crippen molar-refractivity contribution in [2.24, 2.45) is 7.05 Å². The zero-order valence-corrected chi connectivity index (χ0v) is 20.0. The third-order valence-electron chi connectivity index (χ3n) is 6.11. The molecule has 4 heterocycles. The third-order valence-corrected chi connectivity index (χ3v) is 7.35. The summed E-state index contributed by atoms with van der Waals surface area (Å²) in [5, 5.41) is 0.586. The molecule has 0 radical (unpaired) electrons. The molecule has 0 atom stereocenters. The smallest absolute Gasteiger partial charge is 0.324 e. The molecule has 9 nitrogen and oxygen atoms in total. The molecule has 0 amide bonds. The highest BCUT2D eigenvalue weighted by Crippen LogP contribution is 2.35. The van der Waals surface area contributed by atoms with Crippen LogP contribution in [0.3, 0.4) is 0 Å². The third kappa shape index (κ3) is 3.50. The lowest BCUT2D eigenvalue weighted by Gasteiger charge is -2.06. The predicted molar refractivity (Wildman–Crippen MR) is 134 cm³/mol. The summed E-state index contributed by atoms with van der Waals surface area (Å²) in [5.41, 5.74) is 1.46. The molecule has 0 fully saturated rings. The summed E-state index contributed by atoms with van der Waals surface area (Å²) in [5.74, 6) is 0.496. The summed E-state index contributed by atoms with van der Waals surface area (Å²) in [4.78, 5) is 51.6. The molecule has 1 N–H and O–H groups in total. The minimum absolute atomic E-state index is 0.129. The van der Waals surface area contributed by atoms with E-state index in [0.717, 1.165) is 28.8 Å². The molecule has 0 spiro atoms. The molecule has 1 aromatic carbocycles. The number of unbranched alkanes of at least 4 members (excludes halogenated alkanes) is 1. The van der Waals surface area contributed by atoms with E-state index >= 15 is 0 Å². The van der Waals surface area contributed by atoms with Crippen molar-refractivity contribution in [3.63, 3.8) is 0 Å². The first-order valence-electron chi connectivity index (χ1n) is 11.1. The Morgan fingerprint density at radius 2 is 1.88 bits per heavy atom. The second-order valence-corrected chi connectivity index (χ2v) is 9.30. The van der Waals surface area contributed by atoms with Crippen molar-refractivity contribution in [2.75, 3.05) is 0 Å². The Morgan fingerprint density at radius 3 is 2.62 bits per heavy atom. The first kappa shape index (κ1) is 22.0. The first-order valence-corrected chi connectivity index (χ1v) is 11.9. The lowest BCUT2D eigenvalue weighted by molar-refractivity contribution is 0.612. The summed E-state index contributed by atoms with van der Waals surface area (Å²) in [6.45, 7) is 4.56. The van der Waals surface area contributed by atoms with Crippen LogP contribution < -0.4 is 16.8 Å². The van der Waals surface area contributed by atoms with Crippen LogP contribution in [-0.2, 0) is 20.1 Å². The van der Waals surface area contributed by atoms with Crippen molar-refractivity contribution in [3.8, 4) is 10.4 Å². The highest BCUT2D eigenvalue weighted by molar-refractivity contribution is 7.22. The number of rotatable bonds is 6. The van der Waals surface area contributed by atoms with Gasteiger partial charge in [0, 0.05) is 18.5 Å². The first-order chi connectivity index (χ1) is 16.4. The molecular formula is C24H24N6O3S. The van der Waals surface area contributed by atoms with E-state index in [1.54, 1.807) is 11.6 Å². The number of H-pyrrole nitrogens is 1. The Morgan fingerprint density at radius 1 is 1.12 bits per heavy atom. The van der Waals surface area contributed by atoms with E-state index in [9.17, 15) is 14.4 Å². The number of thiophene rings is 1. The van der Waals surface area contributed by atoms with Crippen LogP contribution in [0.15, 0.2) is 51.0 Å². The van der Waals surface area contributed by atoms with Gasteiger partial charge in [0.05, 0.1) is 18.3 Å². The van der Waals surface area contributed by atoms with Gasteiger partial charge in [0.25, 0.3) is 11.1 Å². The van der Waals surface area contributed by atoms with E-state index in [2.05, 4.69) is 15.0 Å². The monoisotopic (exact) mass is 476 g/mol. The van der Waals surface area contributed by atoms with E-state index in [-0.39, 0.29) is 12.1 Å². The molecular weight excluding hydrogens is 452 g/mol. The molecule has 0 unspecified atom stereocenters. The Hall–Kier alpha value is -3.79. The normalized spacial score (nSPS) is 11.6. The summed E-state index contributed by atoms with van der Waals surface area (Å²) >= 11 is 1.50. The molecule has 0 bridgehead atoms. The predicted octanol–water partition coefficient (Wildman–Crippen LogP) is 3.02. The molecule has 0 saturated carbocycles. The molecule has 174 valence electrons. The fourth-order valence-corrected chi connectivity index (χ4v) is 5.39. The van der Waals surface area contributed by atoms with Crippen LogP contribution in [0.25, 0.3) is 31.8 Å². The van der Waals surface area contributed by atoms with E-state index in [1.807, 2.05) is 44.2 Å². The van der Waals surface area contributed by atoms with Crippen LogP contribution in [0.2, 0.25) is 0 Å². The van der Waals surface area contributed by atoms with Gasteiger partial charge in [-0.1, -0.05) is 43.7 Å². The standard InChI is InChI=1S/C24H24N6O3S/c1-4-5-11-30-20-18(21(31)27-24(30)33)28(3)16(26-20)12-29-13-25-22-17(23(29)32)14(2)19(34-22)15-9-7-6-8-10-15/h6-10,13H,4-5,11-12H2,1-3H3,(H,27,31,33). The Bertz CT molecular complexity index is 1700. The average molecular weight is 477 g/mol. The number of aryl methyl sites for hydroxylation is 3. The van der Waals surface area contributed by atoms with Gasteiger partial charge in [0.2, 0.25) is 0 Å². The lowest BCUT2D eigenvalue weighted by Crippen LogP contribution is -2.31. The maximum absolute atomic E-state index is 13.4. The second-order valence-electron chi connectivity index (χ2n) is 8.30. The zero-order valence-electron chi connectivity index (χ0n) is 19.2. The highest BCUT2D eigenvalue weighted by Gasteiger charge is 2.19. The maximum atomic E-state index is 13.4. The van der Waals surface area contributed by atoms with Crippen molar-refractivity contribution in [2.45, 2.75) is 39.8 Å². The van der Waals surface area contributed by atoms with Gasteiger partial charge in [-0.05, 0) is 24.5 Å². The molecule has 0 saturated heterocycles. The lowest BCUT2D eigenvalue weighted by atomic mass is 10.1.